The molecule has 0 atom stereocenters. The summed E-state index contributed by atoms with van der Waals surface area (Å²) in [5, 5.41) is 3.34. The zero-order valence-electron chi connectivity index (χ0n) is 14.9. The Labute approximate surface area is 159 Å². The lowest BCUT2D eigenvalue weighted by Crippen LogP contribution is -2.30. The van der Waals surface area contributed by atoms with Crippen molar-refractivity contribution in [3.8, 4) is 0 Å². The Hall–Kier alpha value is -2.16. The third-order valence-corrected chi connectivity index (χ3v) is 5.46. The first kappa shape index (κ1) is 19.6. The largest absolute Gasteiger partial charge is 0.416 e. The minimum atomic E-state index is -4.46. The maximum Gasteiger partial charge on any atom is 0.416 e. The van der Waals surface area contributed by atoms with Gasteiger partial charge in [-0.25, -0.2) is 4.98 Å². The molecule has 0 spiro atoms. The van der Waals surface area contributed by atoms with Crippen molar-refractivity contribution < 1.29 is 18.0 Å². The Morgan fingerprint density at radius 1 is 1.26 bits per heavy atom. The van der Waals surface area contributed by atoms with Crippen LogP contribution in [0.15, 0.2) is 35.7 Å². The van der Waals surface area contributed by atoms with Gasteiger partial charge in [0.15, 0.2) is 5.16 Å². The minimum absolute atomic E-state index is 0.0700. The Kier molecular flexibility index (Phi) is 5.98. The lowest BCUT2D eigenvalue weighted by molar-refractivity contribution is -0.137. The number of nitrogens with one attached hydrogen (secondary N) is 1. The number of anilines is 2. The van der Waals surface area contributed by atoms with Crippen molar-refractivity contribution in [1.29, 1.82) is 0 Å². The van der Waals surface area contributed by atoms with Gasteiger partial charge >= 0.3 is 6.18 Å². The smallest absolute Gasteiger partial charge is 0.370 e. The summed E-state index contributed by atoms with van der Waals surface area (Å²) in [4.78, 5) is 18.5. The van der Waals surface area contributed by atoms with E-state index < -0.39 is 11.7 Å². The highest BCUT2D eigenvalue weighted by Gasteiger charge is 2.31. The topological polar surface area (TPSA) is 50.2 Å². The number of thioether (sulfide) groups is 1. The second kappa shape index (κ2) is 8.24. The Balaban J connectivity index is 1.77. The fourth-order valence-corrected chi connectivity index (χ4v) is 3.76. The van der Waals surface area contributed by atoms with Crippen molar-refractivity contribution in [3.63, 3.8) is 0 Å². The van der Waals surface area contributed by atoms with Crippen molar-refractivity contribution in [2.24, 2.45) is 7.05 Å². The number of aryl methyl sites for hydroxylation is 1. The van der Waals surface area contributed by atoms with E-state index in [4.69, 9.17) is 0 Å². The van der Waals surface area contributed by atoms with Gasteiger partial charge in [-0.3, -0.25) is 4.79 Å². The molecule has 0 saturated carbocycles. The number of piperidine rings is 1. The van der Waals surface area contributed by atoms with Crippen molar-refractivity contribution >= 4 is 29.0 Å². The van der Waals surface area contributed by atoms with Gasteiger partial charge < -0.3 is 14.8 Å². The number of rotatable bonds is 5. The van der Waals surface area contributed by atoms with Crippen LogP contribution in [0.25, 0.3) is 0 Å². The number of hydrogen-bond acceptors (Lipinski definition) is 4. The van der Waals surface area contributed by atoms with Crippen LogP contribution < -0.4 is 10.2 Å². The van der Waals surface area contributed by atoms with Gasteiger partial charge in [-0.05, 0) is 37.5 Å². The highest BCUT2D eigenvalue weighted by Crippen LogP contribution is 2.36. The molecule has 1 saturated heterocycles. The molecule has 0 radical (unpaired) electrons. The number of carbonyl (C=O) groups excluding carboxylic acids is 1. The lowest BCUT2D eigenvalue weighted by Gasteiger charge is -2.31. The van der Waals surface area contributed by atoms with E-state index >= 15 is 0 Å². The quantitative estimate of drug-likeness (QED) is 0.769. The second-order valence-corrected chi connectivity index (χ2v) is 7.38. The lowest BCUT2D eigenvalue weighted by atomic mass is 10.1. The number of benzene rings is 1. The second-order valence-electron chi connectivity index (χ2n) is 6.43. The van der Waals surface area contributed by atoms with Gasteiger partial charge in [-0.1, -0.05) is 11.8 Å². The van der Waals surface area contributed by atoms with Gasteiger partial charge in [0, 0.05) is 32.5 Å². The normalized spacial score (nSPS) is 15.0. The Bertz CT molecular complexity index is 800. The van der Waals surface area contributed by atoms with Crippen LogP contribution in [0.4, 0.5) is 24.5 Å². The number of halogens is 3. The number of nitrogens with zero attached hydrogens (tertiary/aromatic N) is 3. The zero-order chi connectivity index (χ0) is 19.4. The zero-order valence-corrected chi connectivity index (χ0v) is 15.7. The number of aromatic nitrogens is 2. The van der Waals surface area contributed by atoms with Crippen LogP contribution in [0, 0.1) is 0 Å². The first-order chi connectivity index (χ1) is 12.8. The van der Waals surface area contributed by atoms with E-state index in [1.807, 2.05) is 11.9 Å². The molecule has 27 heavy (non-hydrogen) atoms. The summed E-state index contributed by atoms with van der Waals surface area (Å²) in [7, 11) is 1.81. The molecule has 3 rings (SSSR count). The SMILES string of the molecule is Cn1ccnc1SCC(=O)Nc1cc(C(F)(F)F)ccc1N1CCCCC1. The molecule has 1 fully saturated rings. The molecule has 1 aromatic carbocycles. The number of imidazole rings is 1. The third-order valence-electron chi connectivity index (χ3n) is 4.40. The summed E-state index contributed by atoms with van der Waals surface area (Å²) in [6, 6.07) is 3.55. The molecule has 0 bridgehead atoms. The molecule has 2 heterocycles. The van der Waals surface area contributed by atoms with Gasteiger partial charge in [0.25, 0.3) is 0 Å². The standard InChI is InChI=1S/C18H21F3N4OS/c1-24-10-7-22-17(24)27-12-16(26)23-14-11-13(18(19,20)21)5-6-15(14)25-8-3-2-4-9-25/h5-7,10-11H,2-4,8-9,12H2,1H3,(H,23,26). The third kappa shape index (κ3) is 4.97. The van der Waals surface area contributed by atoms with E-state index in [9.17, 15) is 18.0 Å². The van der Waals surface area contributed by atoms with Gasteiger partial charge in [-0.2, -0.15) is 13.2 Å². The highest BCUT2D eigenvalue weighted by molar-refractivity contribution is 7.99. The highest BCUT2D eigenvalue weighted by atomic mass is 32.2. The molecule has 1 amide bonds. The molecule has 1 N–H and O–H groups in total. The van der Waals surface area contributed by atoms with E-state index in [0.717, 1.165) is 44.5 Å². The predicted molar refractivity (Wildman–Crippen MR) is 100 cm³/mol. The fraction of sp³-hybridized carbons (Fsp3) is 0.444. The molecule has 0 aliphatic carbocycles. The average Bonchev–Trinajstić information content (AvgIpc) is 3.05. The summed E-state index contributed by atoms with van der Waals surface area (Å²) in [6.07, 6.45) is 2.02. The van der Waals surface area contributed by atoms with Gasteiger partial charge in [0.2, 0.25) is 5.91 Å². The van der Waals surface area contributed by atoms with E-state index in [2.05, 4.69) is 10.3 Å². The van der Waals surface area contributed by atoms with Crippen molar-refractivity contribution in [2.45, 2.75) is 30.6 Å². The molecule has 9 heteroatoms. The van der Waals surface area contributed by atoms with Crippen molar-refractivity contribution in [2.75, 3.05) is 29.1 Å². The number of amides is 1. The summed E-state index contributed by atoms with van der Waals surface area (Å²) in [5.41, 5.74) is 0.0746. The molecular weight excluding hydrogens is 377 g/mol. The fourth-order valence-electron chi connectivity index (χ4n) is 3.03. The van der Waals surface area contributed by atoms with Crippen LogP contribution >= 0.6 is 11.8 Å². The molecule has 1 aliphatic rings. The number of alkyl halides is 3. The van der Waals surface area contributed by atoms with Gasteiger partial charge in [0.1, 0.15) is 0 Å². The van der Waals surface area contributed by atoms with Crippen LogP contribution in [0.1, 0.15) is 24.8 Å². The monoisotopic (exact) mass is 398 g/mol. The van der Waals surface area contributed by atoms with Gasteiger partial charge in [0.05, 0.1) is 22.7 Å². The van der Waals surface area contributed by atoms with E-state index in [1.54, 1.807) is 17.0 Å². The first-order valence-corrected chi connectivity index (χ1v) is 9.69. The number of hydrogen-bond donors (Lipinski definition) is 1. The summed E-state index contributed by atoms with van der Waals surface area (Å²) in [6.45, 7) is 1.55. The summed E-state index contributed by atoms with van der Waals surface area (Å²) >= 11 is 1.24. The van der Waals surface area contributed by atoms with E-state index in [0.29, 0.717) is 10.8 Å². The van der Waals surface area contributed by atoms with E-state index in [1.165, 1.54) is 17.8 Å². The van der Waals surface area contributed by atoms with Crippen LogP contribution in [-0.2, 0) is 18.0 Å². The summed E-state index contributed by atoms with van der Waals surface area (Å²) < 4.78 is 41.1. The molecule has 2 aromatic rings. The molecular formula is C18H21F3N4OS. The maximum atomic E-state index is 13.1. The molecule has 1 aliphatic heterocycles. The van der Waals surface area contributed by atoms with E-state index in [-0.39, 0.29) is 17.3 Å². The van der Waals surface area contributed by atoms with Crippen molar-refractivity contribution in [1.82, 2.24) is 9.55 Å². The number of carbonyl (C=O) groups is 1. The maximum absolute atomic E-state index is 13.1. The van der Waals surface area contributed by atoms with Crippen molar-refractivity contribution in [3.05, 3.63) is 36.2 Å². The van der Waals surface area contributed by atoms with Gasteiger partial charge in [-0.15, -0.1) is 0 Å². The van der Waals surface area contributed by atoms with Crippen LogP contribution in [0.5, 0.6) is 0 Å². The Morgan fingerprint density at radius 2 is 2.00 bits per heavy atom. The van der Waals surface area contributed by atoms with Crippen LogP contribution in [0.3, 0.4) is 0 Å². The molecule has 1 aromatic heterocycles. The average molecular weight is 398 g/mol. The molecule has 0 unspecified atom stereocenters. The summed E-state index contributed by atoms with van der Waals surface area (Å²) in [5.74, 6) is -0.291. The van der Waals surface area contributed by atoms with Crippen LogP contribution in [-0.4, -0.2) is 34.3 Å². The molecule has 5 nitrogen and oxygen atoms in total. The molecule has 146 valence electrons. The van der Waals surface area contributed by atoms with Crippen LogP contribution in [0.2, 0.25) is 0 Å². The predicted octanol–water partition coefficient (Wildman–Crippen LogP) is 4.16. The minimum Gasteiger partial charge on any atom is -0.370 e. The first-order valence-electron chi connectivity index (χ1n) is 8.71. The Morgan fingerprint density at radius 3 is 2.63 bits per heavy atom.